The SMILES string of the molecule is CC(C)N1C(c2ccnc(Nc3ccc(S(C)(=O)=O)cc3)n2)=CNC1C. The molecule has 0 amide bonds. The van der Waals surface area contributed by atoms with Gasteiger partial charge in [0.15, 0.2) is 9.84 Å². The molecule has 3 rings (SSSR count). The summed E-state index contributed by atoms with van der Waals surface area (Å²) in [5.74, 6) is 0.457. The van der Waals surface area contributed by atoms with Crippen LogP contribution in [0.4, 0.5) is 11.6 Å². The summed E-state index contributed by atoms with van der Waals surface area (Å²) in [4.78, 5) is 11.4. The minimum Gasteiger partial charge on any atom is -0.370 e. The van der Waals surface area contributed by atoms with Crippen LogP contribution in [-0.4, -0.2) is 41.7 Å². The third-order valence-electron chi connectivity index (χ3n) is 4.17. The Balaban J connectivity index is 1.82. The van der Waals surface area contributed by atoms with Gasteiger partial charge in [-0.05, 0) is 51.1 Å². The fourth-order valence-electron chi connectivity index (χ4n) is 2.97. The van der Waals surface area contributed by atoms with Crippen molar-refractivity contribution in [3.8, 4) is 0 Å². The number of nitrogens with zero attached hydrogens (tertiary/aromatic N) is 3. The number of hydrogen-bond acceptors (Lipinski definition) is 7. The highest BCUT2D eigenvalue weighted by molar-refractivity contribution is 7.90. The van der Waals surface area contributed by atoms with Gasteiger partial charge in [0.2, 0.25) is 5.95 Å². The minimum absolute atomic E-state index is 0.208. The van der Waals surface area contributed by atoms with Crippen molar-refractivity contribution < 1.29 is 8.42 Å². The van der Waals surface area contributed by atoms with Gasteiger partial charge in [-0.1, -0.05) is 0 Å². The number of aromatic nitrogens is 2. The third-order valence-corrected chi connectivity index (χ3v) is 5.30. The lowest BCUT2D eigenvalue weighted by atomic mass is 10.2. The summed E-state index contributed by atoms with van der Waals surface area (Å²) in [7, 11) is -3.21. The van der Waals surface area contributed by atoms with Crippen molar-refractivity contribution in [1.82, 2.24) is 20.2 Å². The normalized spacial score (nSPS) is 17.2. The molecule has 1 aliphatic rings. The quantitative estimate of drug-likeness (QED) is 0.833. The van der Waals surface area contributed by atoms with Gasteiger partial charge in [0.1, 0.15) is 0 Å². The molecular formula is C18H23N5O2S. The van der Waals surface area contributed by atoms with Crippen LogP contribution in [0, 0.1) is 0 Å². The molecule has 0 saturated heterocycles. The molecule has 0 aliphatic carbocycles. The fraction of sp³-hybridized carbons (Fsp3) is 0.333. The summed E-state index contributed by atoms with van der Waals surface area (Å²) in [6.45, 7) is 6.38. The molecular weight excluding hydrogens is 350 g/mol. The Labute approximate surface area is 154 Å². The van der Waals surface area contributed by atoms with E-state index in [4.69, 9.17) is 0 Å². The van der Waals surface area contributed by atoms with Gasteiger partial charge in [0.25, 0.3) is 0 Å². The van der Waals surface area contributed by atoms with E-state index >= 15 is 0 Å². The van der Waals surface area contributed by atoms with Crippen molar-refractivity contribution >= 4 is 27.2 Å². The zero-order valence-corrected chi connectivity index (χ0v) is 16.1. The predicted molar refractivity (Wildman–Crippen MR) is 102 cm³/mol. The molecule has 26 heavy (non-hydrogen) atoms. The van der Waals surface area contributed by atoms with Crippen LogP contribution in [0.15, 0.2) is 47.6 Å². The zero-order valence-electron chi connectivity index (χ0n) is 15.3. The summed E-state index contributed by atoms with van der Waals surface area (Å²) in [6, 6.07) is 8.73. The molecule has 138 valence electrons. The summed E-state index contributed by atoms with van der Waals surface area (Å²) in [6.07, 6.45) is 5.07. The first kappa shape index (κ1) is 18.2. The lowest BCUT2D eigenvalue weighted by molar-refractivity contribution is 0.260. The Morgan fingerprint density at radius 2 is 1.88 bits per heavy atom. The van der Waals surface area contributed by atoms with E-state index in [1.807, 2.05) is 12.3 Å². The molecule has 7 nitrogen and oxygen atoms in total. The first-order chi connectivity index (χ1) is 12.3. The van der Waals surface area contributed by atoms with E-state index in [0.717, 1.165) is 17.1 Å². The molecule has 1 atom stereocenters. The van der Waals surface area contributed by atoms with Gasteiger partial charge in [-0.15, -0.1) is 0 Å². The predicted octanol–water partition coefficient (Wildman–Crippen LogP) is 2.58. The van der Waals surface area contributed by atoms with Crippen LogP contribution in [0.2, 0.25) is 0 Å². The van der Waals surface area contributed by atoms with Gasteiger partial charge < -0.3 is 15.5 Å². The van der Waals surface area contributed by atoms with Crippen molar-refractivity contribution in [3.63, 3.8) is 0 Å². The number of nitrogens with one attached hydrogen (secondary N) is 2. The molecule has 0 fully saturated rings. The molecule has 1 aromatic carbocycles. The molecule has 1 aromatic heterocycles. The van der Waals surface area contributed by atoms with Crippen molar-refractivity contribution in [2.75, 3.05) is 11.6 Å². The smallest absolute Gasteiger partial charge is 0.227 e. The Kier molecular flexibility index (Phi) is 4.86. The van der Waals surface area contributed by atoms with Crippen molar-refractivity contribution in [2.45, 2.75) is 37.9 Å². The second-order valence-corrected chi connectivity index (χ2v) is 8.58. The molecule has 1 aliphatic heterocycles. The standard InChI is InChI=1S/C18H23N5O2S/c1-12(2)23-13(3)20-11-17(23)16-9-10-19-18(22-16)21-14-5-7-15(8-6-14)26(4,24)25/h5-13,20H,1-4H3,(H,19,21,22). The molecule has 0 saturated carbocycles. The van der Waals surface area contributed by atoms with Crippen LogP contribution >= 0.6 is 0 Å². The summed E-state index contributed by atoms with van der Waals surface area (Å²) >= 11 is 0. The largest absolute Gasteiger partial charge is 0.370 e. The average Bonchev–Trinajstić information content (AvgIpc) is 2.97. The number of rotatable bonds is 5. The number of hydrogen-bond donors (Lipinski definition) is 2. The summed E-state index contributed by atoms with van der Waals surface area (Å²) < 4.78 is 23.1. The molecule has 1 unspecified atom stereocenters. The Morgan fingerprint density at radius 3 is 2.50 bits per heavy atom. The van der Waals surface area contributed by atoms with Gasteiger partial charge in [-0.2, -0.15) is 0 Å². The first-order valence-corrected chi connectivity index (χ1v) is 10.3. The number of benzene rings is 1. The third kappa shape index (κ3) is 3.80. The van der Waals surface area contributed by atoms with Crippen LogP contribution in [0.5, 0.6) is 0 Å². The van der Waals surface area contributed by atoms with E-state index in [-0.39, 0.29) is 11.1 Å². The van der Waals surface area contributed by atoms with Crippen molar-refractivity contribution in [3.05, 3.63) is 48.4 Å². The van der Waals surface area contributed by atoms with Gasteiger partial charge >= 0.3 is 0 Å². The van der Waals surface area contributed by atoms with E-state index in [1.54, 1.807) is 30.5 Å². The van der Waals surface area contributed by atoms with E-state index in [2.05, 4.69) is 46.3 Å². The zero-order chi connectivity index (χ0) is 18.9. The van der Waals surface area contributed by atoms with Crippen LogP contribution < -0.4 is 10.6 Å². The van der Waals surface area contributed by atoms with E-state index in [9.17, 15) is 8.42 Å². The molecule has 2 heterocycles. The Bertz CT molecular complexity index is 923. The molecule has 0 spiro atoms. The second-order valence-electron chi connectivity index (χ2n) is 6.56. The lowest BCUT2D eigenvalue weighted by Gasteiger charge is -2.30. The van der Waals surface area contributed by atoms with Crippen LogP contribution in [0.3, 0.4) is 0 Å². The number of anilines is 2. The van der Waals surface area contributed by atoms with E-state index in [0.29, 0.717) is 12.0 Å². The van der Waals surface area contributed by atoms with E-state index in [1.165, 1.54) is 6.26 Å². The molecule has 2 N–H and O–H groups in total. The summed E-state index contributed by atoms with van der Waals surface area (Å²) in [5.41, 5.74) is 2.56. The summed E-state index contributed by atoms with van der Waals surface area (Å²) in [5, 5.41) is 6.43. The maximum Gasteiger partial charge on any atom is 0.227 e. The van der Waals surface area contributed by atoms with E-state index < -0.39 is 9.84 Å². The molecule has 2 aromatic rings. The van der Waals surface area contributed by atoms with Crippen LogP contribution in [-0.2, 0) is 9.84 Å². The highest BCUT2D eigenvalue weighted by atomic mass is 32.2. The topological polar surface area (TPSA) is 87.2 Å². The van der Waals surface area contributed by atoms with Gasteiger partial charge in [0.05, 0.1) is 22.5 Å². The molecule has 0 radical (unpaired) electrons. The van der Waals surface area contributed by atoms with Gasteiger partial charge in [-0.25, -0.2) is 18.4 Å². The Morgan fingerprint density at radius 1 is 1.19 bits per heavy atom. The van der Waals surface area contributed by atoms with Crippen LogP contribution in [0.25, 0.3) is 5.70 Å². The van der Waals surface area contributed by atoms with Gasteiger partial charge in [0, 0.05) is 30.4 Å². The monoisotopic (exact) mass is 373 g/mol. The Hall–Kier alpha value is -2.61. The second kappa shape index (κ2) is 6.95. The molecule has 8 heteroatoms. The fourth-order valence-corrected chi connectivity index (χ4v) is 3.60. The van der Waals surface area contributed by atoms with Crippen molar-refractivity contribution in [1.29, 1.82) is 0 Å². The number of sulfone groups is 1. The first-order valence-electron chi connectivity index (χ1n) is 8.41. The van der Waals surface area contributed by atoms with Crippen LogP contribution in [0.1, 0.15) is 26.5 Å². The maximum absolute atomic E-state index is 11.5. The maximum atomic E-state index is 11.5. The molecule has 0 bridgehead atoms. The highest BCUT2D eigenvalue weighted by Crippen LogP contribution is 2.26. The van der Waals surface area contributed by atoms with Crippen molar-refractivity contribution in [2.24, 2.45) is 0 Å². The minimum atomic E-state index is -3.21. The highest BCUT2D eigenvalue weighted by Gasteiger charge is 2.26. The van der Waals surface area contributed by atoms with Gasteiger partial charge in [-0.3, -0.25) is 0 Å². The average molecular weight is 373 g/mol. The lowest BCUT2D eigenvalue weighted by Crippen LogP contribution is -2.38.